The summed E-state index contributed by atoms with van der Waals surface area (Å²) in [6.45, 7) is 28.7. The molecule has 5 nitrogen and oxygen atoms in total. The van der Waals surface area contributed by atoms with Gasteiger partial charge in [0.25, 0.3) is 0 Å². The van der Waals surface area contributed by atoms with Crippen molar-refractivity contribution in [3.05, 3.63) is 47.1 Å². The average Bonchev–Trinajstić information content (AvgIpc) is 3.46. The molecule has 0 aromatic rings. The lowest BCUT2D eigenvalue weighted by atomic mass is 9.63. The second-order valence-electron chi connectivity index (χ2n) is 17.5. The van der Waals surface area contributed by atoms with Gasteiger partial charge < -0.3 is 18.0 Å². The molecule has 3 aliphatic rings. The maximum Gasteiger partial charge on any atom is 0.416 e. The maximum atomic E-state index is 14.0. The molecule has 0 radical (unpaired) electrons. The van der Waals surface area contributed by atoms with Gasteiger partial charge in [-0.3, -0.25) is 4.79 Å². The second-order valence-corrected chi connectivity index (χ2v) is 31.4. The van der Waals surface area contributed by atoms with Crippen molar-refractivity contribution < 1.29 is 36.0 Å². The predicted molar refractivity (Wildman–Crippen MR) is 221 cm³/mol. The van der Waals surface area contributed by atoms with Crippen LogP contribution in [0.2, 0.25) is 55.9 Å². The van der Waals surface area contributed by atoms with E-state index in [1.165, 1.54) is 11.1 Å². The summed E-state index contributed by atoms with van der Waals surface area (Å²) >= 11 is 0. The zero-order valence-electron chi connectivity index (χ0n) is 35.3. The number of alkyl halides is 3. The van der Waals surface area contributed by atoms with Crippen LogP contribution in [0.15, 0.2) is 47.1 Å². The fourth-order valence-corrected chi connectivity index (χ4v) is 16.5. The summed E-state index contributed by atoms with van der Waals surface area (Å²) in [6, 6.07) is 6.58. The summed E-state index contributed by atoms with van der Waals surface area (Å²) in [5.41, 5.74) is 2.43. The van der Waals surface area contributed by atoms with Crippen molar-refractivity contribution >= 4 is 30.9 Å². The van der Waals surface area contributed by atoms with Crippen LogP contribution in [0.5, 0.6) is 0 Å². The molecule has 0 N–H and O–H groups in total. The first-order valence-corrected chi connectivity index (χ1v) is 29.2. The van der Waals surface area contributed by atoms with Crippen molar-refractivity contribution in [2.24, 2.45) is 11.3 Å². The van der Waals surface area contributed by atoms with E-state index in [0.717, 1.165) is 92.9 Å². The van der Waals surface area contributed by atoms with Crippen LogP contribution in [0.1, 0.15) is 114 Å². The Morgan fingerprint density at radius 2 is 1.45 bits per heavy atom. The fourth-order valence-electron chi connectivity index (χ4n) is 9.30. The van der Waals surface area contributed by atoms with E-state index in [9.17, 15) is 18.0 Å². The van der Waals surface area contributed by atoms with Crippen molar-refractivity contribution in [3.8, 4) is 0 Å². The van der Waals surface area contributed by atoms with Crippen molar-refractivity contribution in [3.63, 3.8) is 0 Å². The van der Waals surface area contributed by atoms with Gasteiger partial charge in [-0.15, -0.1) is 0 Å². The second kappa shape index (κ2) is 18.3. The van der Waals surface area contributed by atoms with Crippen LogP contribution in [0.25, 0.3) is 0 Å². The molecule has 304 valence electrons. The van der Waals surface area contributed by atoms with Gasteiger partial charge in [-0.25, -0.2) is 0 Å². The number of carbonyl (C=O) groups excluding carboxylic acids is 1. The minimum atomic E-state index is -4.58. The molecule has 0 saturated heterocycles. The highest BCUT2D eigenvalue weighted by Gasteiger charge is 2.54. The van der Waals surface area contributed by atoms with Crippen LogP contribution < -0.4 is 0 Å². The maximum absolute atomic E-state index is 14.0. The molecule has 0 bridgehead atoms. The van der Waals surface area contributed by atoms with Gasteiger partial charge >= 0.3 is 12.1 Å². The summed E-state index contributed by atoms with van der Waals surface area (Å²) in [5, 5.41) is 0. The van der Waals surface area contributed by atoms with E-state index < -0.39 is 55.2 Å². The molecule has 2 saturated carbocycles. The van der Waals surface area contributed by atoms with E-state index in [1.54, 1.807) is 19.6 Å². The molecule has 0 aromatic carbocycles. The highest BCUT2D eigenvalue weighted by molar-refractivity contribution is 6.74. The van der Waals surface area contributed by atoms with Gasteiger partial charge in [-0.2, -0.15) is 13.2 Å². The molecule has 0 amide bonds. The third kappa shape index (κ3) is 11.0. The molecule has 0 aliphatic heterocycles. The van der Waals surface area contributed by atoms with Crippen LogP contribution in [0.3, 0.4) is 0 Å². The molecule has 0 spiro atoms. The predicted octanol–water partition coefficient (Wildman–Crippen LogP) is 13.0. The Bertz CT molecular complexity index is 1310. The molecule has 0 aromatic heterocycles. The molecule has 3 aliphatic carbocycles. The number of allylic oxidation sites excluding steroid dienone is 4. The molecule has 11 heteroatoms. The summed E-state index contributed by atoms with van der Waals surface area (Å²) < 4.78 is 67.8. The molecular weight excluding hydrogens is 726 g/mol. The number of ether oxygens (including phenoxy) is 1. The van der Waals surface area contributed by atoms with Gasteiger partial charge in [0.15, 0.2) is 25.0 Å². The van der Waals surface area contributed by atoms with Crippen molar-refractivity contribution in [1.82, 2.24) is 0 Å². The van der Waals surface area contributed by atoms with E-state index in [0.29, 0.717) is 5.92 Å². The fraction of sp³-hybridized carbons (Fsp3) is 0.786. The summed E-state index contributed by atoms with van der Waals surface area (Å²) in [6.07, 6.45) is 6.58. The number of carbonyl (C=O) groups is 1. The lowest BCUT2D eigenvalue weighted by Gasteiger charge is -2.43. The molecule has 2 fully saturated rings. The SMILES string of the molecule is C=C1[C@H](O[Si](CC)(CC)CC)CC(=C/C=C2\CCC[C@]3(C)C([C@H](C)OC(=O)CCC(C)(O[Si](C)(C)C)C(F)(F)F)=CC[C@@H]23)C[C@H]1O[Si](CC)(CC)CC. The van der Waals surface area contributed by atoms with Crippen LogP contribution in [-0.2, 0) is 22.8 Å². The van der Waals surface area contributed by atoms with Gasteiger partial charge in [0, 0.05) is 6.42 Å². The molecule has 0 heterocycles. The number of fused-ring (bicyclic) bond motifs is 1. The first-order chi connectivity index (χ1) is 24.6. The Balaban J connectivity index is 1.81. The highest BCUT2D eigenvalue weighted by Crippen LogP contribution is 2.56. The minimum absolute atomic E-state index is 0.0230. The van der Waals surface area contributed by atoms with E-state index in [1.807, 2.05) is 6.92 Å². The van der Waals surface area contributed by atoms with Crippen LogP contribution in [0.4, 0.5) is 13.2 Å². The molecule has 1 unspecified atom stereocenters. The number of rotatable bonds is 18. The molecule has 6 atom stereocenters. The number of esters is 1. The van der Waals surface area contributed by atoms with E-state index >= 15 is 0 Å². The van der Waals surface area contributed by atoms with Crippen molar-refractivity contribution in [1.29, 1.82) is 0 Å². The largest absolute Gasteiger partial charge is 0.458 e. The lowest BCUT2D eigenvalue weighted by Crippen LogP contribution is -2.51. The van der Waals surface area contributed by atoms with Gasteiger partial charge in [-0.05, 0) is 137 Å². The monoisotopic (exact) mass is 798 g/mol. The summed E-state index contributed by atoms with van der Waals surface area (Å²) in [4.78, 5) is 13.0. The van der Waals surface area contributed by atoms with E-state index in [4.69, 9.17) is 18.0 Å². The lowest BCUT2D eigenvalue weighted by molar-refractivity contribution is -0.247. The number of hydrogen-bond donors (Lipinski definition) is 0. The Kier molecular flexibility index (Phi) is 16.0. The first kappa shape index (κ1) is 46.1. The van der Waals surface area contributed by atoms with Gasteiger partial charge in [0.2, 0.25) is 0 Å². The quantitative estimate of drug-likeness (QED) is 0.0785. The van der Waals surface area contributed by atoms with Crippen LogP contribution in [0, 0.1) is 11.3 Å². The van der Waals surface area contributed by atoms with Gasteiger partial charge in [-0.1, -0.05) is 84.4 Å². The zero-order chi connectivity index (χ0) is 40.0. The van der Waals surface area contributed by atoms with Gasteiger partial charge in [0.1, 0.15) is 11.7 Å². The normalized spacial score (nSPS) is 27.0. The van der Waals surface area contributed by atoms with E-state index in [2.05, 4.69) is 73.3 Å². The topological polar surface area (TPSA) is 54.0 Å². The minimum Gasteiger partial charge on any atom is -0.458 e. The number of halogens is 3. The van der Waals surface area contributed by atoms with E-state index in [-0.39, 0.29) is 24.0 Å². The average molecular weight is 799 g/mol. The standard InChI is InChI=1S/C42H73F3O5Si3/c1-14-52(15-2,16-3)48-37-29-33(30-38(31(37)7)49-53(17-4,18-5)19-6)22-23-34-21-20-27-40(9)35(24-25-36(34)40)32(8)47-39(46)26-28-41(10,42(43,44)45)50-51(11,12)13/h22-24,32,36-38H,7,14-21,25-30H2,1-6,8-13H3/b34-23+/t32-,36-,37+,38+,40+,41?/m0/s1. The van der Waals surface area contributed by atoms with Crippen LogP contribution >= 0.6 is 0 Å². The Hall–Kier alpha value is -1.25. The Morgan fingerprint density at radius 1 is 0.943 bits per heavy atom. The smallest absolute Gasteiger partial charge is 0.416 e. The first-order valence-electron chi connectivity index (χ1n) is 20.7. The van der Waals surface area contributed by atoms with Crippen LogP contribution in [-0.4, -0.2) is 61.0 Å². The van der Waals surface area contributed by atoms with Crippen molar-refractivity contribution in [2.45, 2.75) is 200 Å². The zero-order valence-corrected chi connectivity index (χ0v) is 38.3. The summed E-state index contributed by atoms with van der Waals surface area (Å²) in [5.74, 6) is -0.326. The Labute approximate surface area is 324 Å². The third-order valence-electron chi connectivity index (χ3n) is 13.2. The molecule has 53 heavy (non-hydrogen) atoms. The van der Waals surface area contributed by atoms with Gasteiger partial charge in [0.05, 0.1) is 12.2 Å². The number of hydrogen-bond acceptors (Lipinski definition) is 5. The van der Waals surface area contributed by atoms with Crippen molar-refractivity contribution in [2.75, 3.05) is 0 Å². The Morgan fingerprint density at radius 3 is 1.91 bits per heavy atom. The molecular formula is C42H73F3O5Si3. The highest BCUT2D eigenvalue weighted by atomic mass is 28.4. The third-order valence-corrected chi connectivity index (χ3v) is 23.6. The molecule has 3 rings (SSSR count). The summed E-state index contributed by atoms with van der Waals surface area (Å²) in [7, 11) is -6.29.